The van der Waals surface area contributed by atoms with E-state index in [4.69, 9.17) is 10.5 Å². The van der Waals surface area contributed by atoms with Crippen LogP contribution >= 0.6 is 0 Å². The van der Waals surface area contributed by atoms with Gasteiger partial charge in [-0.05, 0) is 46.1 Å². The van der Waals surface area contributed by atoms with Crippen molar-refractivity contribution in [3.8, 4) is 5.88 Å². The molecule has 1 aliphatic carbocycles. The molecule has 0 aliphatic heterocycles. The third-order valence-corrected chi connectivity index (χ3v) is 4.16. The van der Waals surface area contributed by atoms with Gasteiger partial charge in [-0.15, -0.1) is 0 Å². The summed E-state index contributed by atoms with van der Waals surface area (Å²) in [5.41, 5.74) is 6.88. The Balaban J connectivity index is 2.21. The van der Waals surface area contributed by atoms with Gasteiger partial charge in [-0.2, -0.15) is 4.98 Å². The number of nitrogens with two attached hydrogens (primary N) is 1. The second kappa shape index (κ2) is 7.07. The minimum absolute atomic E-state index is 0.115. The molecule has 21 heavy (non-hydrogen) atoms. The molecule has 0 aromatic carbocycles. The zero-order valence-corrected chi connectivity index (χ0v) is 13.7. The molecule has 0 saturated heterocycles. The average Bonchev–Trinajstić information content (AvgIpc) is 2.45. The van der Waals surface area contributed by atoms with Crippen molar-refractivity contribution >= 4 is 5.95 Å². The molecular formula is C16H28N4O. The molecule has 2 atom stereocenters. The van der Waals surface area contributed by atoms with E-state index < -0.39 is 0 Å². The molecule has 0 amide bonds. The third kappa shape index (κ3) is 4.06. The fraction of sp³-hybridized carbons (Fsp3) is 0.750. The SMILES string of the molecule is Cc1cc(OC(C)C)nc(N(C)C2CCCCC2CN)n1. The van der Waals surface area contributed by atoms with E-state index in [9.17, 15) is 0 Å². The van der Waals surface area contributed by atoms with Gasteiger partial charge in [0, 0.05) is 24.8 Å². The first-order valence-electron chi connectivity index (χ1n) is 7.96. The first kappa shape index (κ1) is 16.0. The Morgan fingerprint density at radius 3 is 2.71 bits per heavy atom. The first-order chi connectivity index (χ1) is 10.0. The summed E-state index contributed by atoms with van der Waals surface area (Å²) in [4.78, 5) is 11.3. The minimum Gasteiger partial charge on any atom is -0.475 e. The fourth-order valence-corrected chi connectivity index (χ4v) is 3.11. The van der Waals surface area contributed by atoms with E-state index in [1.807, 2.05) is 26.8 Å². The van der Waals surface area contributed by atoms with E-state index in [-0.39, 0.29) is 6.10 Å². The molecule has 1 heterocycles. The van der Waals surface area contributed by atoms with Crippen LogP contribution < -0.4 is 15.4 Å². The number of aryl methyl sites for hydroxylation is 1. The summed E-state index contributed by atoms with van der Waals surface area (Å²) in [6.07, 6.45) is 5.02. The van der Waals surface area contributed by atoms with Crippen LogP contribution in [0.4, 0.5) is 5.95 Å². The summed E-state index contributed by atoms with van der Waals surface area (Å²) in [6.45, 7) is 6.72. The fourth-order valence-electron chi connectivity index (χ4n) is 3.11. The second-order valence-electron chi connectivity index (χ2n) is 6.27. The highest BCUT2D eigenvalue weighted by Crippen LogP contribution is 2.29. The highest BCUT2D eigenvalue weighted by Gasteiger charge is 2.29. The number of hydrogen-bond acceptors (Lipinski definition) is 5. The predicted octanol–water partition coefficient (Wildman–Crippen LogP) is 2.53. The topological polar surface area (TPSA) is 64.3 Å². The van der Waals surface area contributed by atoms with Crippen molar-refractivity contribution in [1.82, 2.24) is 9.97 Å². The van der Waals surface area contributed by atoms with Gasteiger partial charge in [-0.1, -0.05) is 12.8 Å². The van der Waals surface area contributed by atoms with Crippen LogP contribution in [0.25, 0.3) is 0 Å². The van der Waals surface area contributed by atoms with E-state index in [1.165, 1.54) is 19.3 Å². The molecule has 1 saturated carbocycles. The maximum atomic E-state index is 5.94. The summed E-state index contributed by atoms with van der Waals surface area (Å²) in [7, 11) is 2.08. The highest BCUT2D eigenvalue weighted by atomic mass is 16.5. The number of hydrogen-bond donors (Lipinski definition) is 1. The lowest BCUT2D eigenvalue weighted by Crippen LogP contribution is -2.44. The quantitative estimate of drug-likeness (QED) is 0.903. The van der Waals surface area contributed by atoms with Crippen LogP contribution in [0.5, 0.6) is 5.88 Å². The number of nitrogens with zero attached hydrogens (tertiary/aromatic N) is 3. The summed E-state index contributed by atoms with van der Waals surface area (Å²) in [5, 5.41) is 0. The summed E-state index contributed by atoms with van der Waals surface area (Å²) < 4.78 is 5.72. The maximum absolute atomic E-state index is 5.94. The van der Waals surface area contributed by atoms with Gasteiger partial charge in [-0.3, -0.25) is 0 Å². The van der Waals surface area contributed by atoms with Crippen LogP contribution in [0.2, 0.25) is 0 Å². The Hall–Kier alpha value is -1.36. The van der Waals surface area contributed by atoms with Crippen LogP contribution in [0, 0.1) is 12.8 Å². The minimum atomic E-state index is 0.115. The van der Waals surface area contributed by atoms with Crippen LogP contribution in [0.15, 0.2) is 6.07 Å². The normalized spacial score (nSPS) is 22.4. The van der Waals surface area contributed by atoms with Crippen molar-refractivity contribution in [1.29, 1.82) is 0 Å². The molecule has 0 bridgehead atoms. The molecule has 0 spiro atoms. The van der Waals surface area contributed by atoms with Crippen LogP contribution in [-0.2, 0) is 0 Å². The molecule has 1 aliphatic rings. The molecule has 1 aromatic rings. The van der Waals surface area contributed by atoms with Gasteiger partial charge in [-0.25, -0.2) is 4.98 Å². The van der Waals surface area contributed by atoms with Crippen molar-refractivity contribution in [3.63, 3.8) is 0 Å². The van der Waals surface area contributed by atoms with Crippen LogP contribution in [0.3, 0.4) is 0 Å². The van der Waals surface area contributed by atoms with Gasteiger partial charge in [0.25, 0.3) is 0 Å². The number of anilines is 1. The monoisotopic (exact) mass is 292 g/mol. The van der Waals surface area contributed by atoms with Gasteiger partial charge in [0.05, 0.1) is 6.10 Å². The van der Waals surface area contributed by atoms with E-state index in [0.717, 1.165) is 24.6 Å². The summed E-state index contributed by atoms with van der Waals surface area (Å²) in [5.74, 6) is 1.93. The molecule has 1 fully saturated rings. The van der Waals surface area contributed by atoms with Gasteiger partial charge in [0.2, 0.25) is 11.8 Å². The van der Waals surface area contributed by atoms with E-state index in [1.54, 1.807) is 0 Å². The van der Waals surface area contributed by atoms with Gasteiger partial charge in [0.1, 0.15) is 0 Å². The lowest BCUT2D eigenvalue weighted by atomic mass is 9.84. The first-order valence-corrected chi connectivity index (χ1v) is 7.96. The van der Waals surface area contributed by atoms with Crippen molar-refractivity contribution in [2.75, 3.05) is 18.5 Å². The summed E-state index contributed by atoms with van der Waals surface area (Å²) >= 11 is 0. The van der Waals surface area contributed by atoms with E-state index in [2.05, 4.69) is 21.9 Å². The lowest BCUT2D eigenvalue weighted by Gasteiger charge is -2.37. The maximum Gasteiger partial charge on any atom is 0.228 e. The number of rotatable bonds is 5. The molecule has 1 aromatic heterocycles. The molecule has 2 unspecified atom stereocenters. The Kier molecular flexibility index (Phi) is 5.39. The highest BCUT2D eigenvalue weighted by molar-refractivity contribution is 5.35. The van der Waals surface area contributed by atoms with Gasteiger partial charge in [0.15, 0.2) is 0 Å². The molecule has 2 N–H and O–H groups in total. The van der Waals surface area contributed by atoms with Crippen molar-refractivity contribution in [2.24, 2.45) is 11.7 Å². The largest absolute Gasteiger partial charge is 0.475 e. The van der Waals surface area contributed by atoms with E-state index in [0.29, 0.717) is 17.8 Å². The van der Waals surface area contributed by atoms with Crippen molar-refractivity contribution in [2.45, 2.75) is 58.6 Å². The zero-order chi connectivity index (χ0) is 15.4. The zero-order valence-electron chi connectivity index (χ0n) is 13.7. The number of ether oxygens (including phenoxy) is 1. The molecular weight excluding hydrogens is 264 g/mol. The third-order valence-electron chi connectivity index (χ3n) is 4.16. The Labute approximate surface area is 127 Å². The summed E-state index contributed by atoms with van der Waals surface area (Å²) in [6, 6.07) is 2.32. The predicted molar refractivity (Wildman–Crippen MR) is 85.7 cm³/mol. The average molecular weight is 292 g/mol. The van der Waals surface area contributed by atoms with Gasteiger partial charge < -0.3 is 15.4 Å². The van der Waals surface area contributed by atoms with Crippen LogP contribution in [0.1, 0.15) is 45.2 Å². The van der Waals surface area contributed by atoms with Crippen molar-refractivity contribution < 1.29 is 4.74 Å². The Morgan fingerprint density at radius 1 is 1.33 bits per heavy atom. The van der Waals surface area contributed by atoms with Gasteiger partial charge >= 0.3 is 0 Å². The molecule has 0 radical (unpaired) electrons. The Morgan fingerprint density at radius 2 is 2.05 bits per heavy atom. The molecule has 2 rings (SSSR count). The standard InChI is InChI=1S/C16H28N4O/c1-11(2)21-15-9-12(3)18-16(19-15)20(4)14-8-6-5-7-13(14)10-17/h9,11,13-14H,5-8,10,17H2,1-4H3. The lowest BCUT2D eigenvalue weighted by molar-refractivity contribution is 0.231. The number of aromatic nitrogens is 2. The smallest absolute Gasteiger partial charge is 0.228 e. The molecule has 5 heteroatoms. The van der Waals surface area contributed by atoms with Crippen molar-refractivity contribution in [3.05, 3.63) is 11.8 Å². The Bertz CT molecular complexity index is 464. The second-order valence-corrected chi connectivity index (χ2v) is 6.27. The molecule has 5 nitrogen and oxygen atoms in total. The molecule has 118 valence electrons. The van der Waals surface area contributed by atoms with Crippen LogP contribution in [-0.4, -0.2) is 35.7 Å². The van der Waals surface area contributed by atoms with E-state index >= 15 is 0 Å².